The van der Waals surface area contributed by atoms with E-state index in [1.54, 1.807) is 12.1 Å². The van der Waals surface area contributed by atoms with Gasteiger partial charge in [-0.1, -0.05) is 0 Å². The summed E-state index contributed by atoms with van der Waals surface area (Å²) in [6.45, 7) is 0. The Bertz CT molecular complexity index is 504. The summed E-state index contributed by atoms with van der Waals surface area (Å²) in [6.07, 6.45) is 0. The first-order chi connectivity index (χ1) is 8.08. The number of anilines is 1. The highest BCUT2D eigenvalue weighted by Crippen LogP contribution is 2.28. The van der Waals surface area contributed by atoms with Crippen LogP contribution in [0.1, 0.15) is 0 Å². The number of benzene rings is 1. The summed E-state index contributed by atoms with van der Waals surface area (Å²) in [5, 5.41) is 28.7. The molecule has 7 nitrogen and oxygen atoms in total. The lowest BCUT2D eigenvalue weighted by atomic mass is 10.3. The van der Waals surface area contributed by atoms with E-state index in [9.17, 15) is 5.11 Å². The van der Waals surface area contributed by atoms with E-state index in [0.29, 0.717) is 11.4 Å². The summed E-state index contributed by atoms with van der Waals surface area (Å²) in [5.41, 5.74) is 7.81. The molecule has 0 aliphatic rings. The summed E-state index contributed by atoms with van der Waals surface area (Å²) < 4.78 is 4.86. The highest BCUT2D eigenvalue weighted by molar-refractivity contribution is 6.45. The molecule has 0 fully saturated rings. The van der Waals surface area contributed by atoms with E-state index < -0.39 is 5.84 Å². The van der Waals surface area contributed by atoms with E-state index in [-0.39, 0.29) is 11.5 Å². The molecule has 7 heteroatoms. The fraction of sp³-hybridized carbons (Fsp3) is 0.100. The molecule has 0 aromatic heterocycles. The molecule has 0 heterocycles. The molecule has 1 aromatic rings. The Labute approximate surface area is 97.6 Å². The number of hydrazone groups is 1. The molecule has 0 unspecified atom stereocenters. The molecule has 0 spiro atoms. The molecule has 0 aliphatic carbocycles. The lowest BCUT2D eigenvalue weighted by Gasteiger charge is -2.05. The number of ether oxygens (including phenoxy) is 1. The molecule has 0 saturated carbocycles. The Morgan fingerprint density at radius 3 is 2.82 bits per heavy atom. The number of hydrogen-bond donors (Lipinski definition) is 4. The normalized spacial score (nSPS) is 10.5. The van der Waals surface area contributed by atoms with Crippen LogP contribution in [0.3, 0.4) is 0 Å². The maximum Gasteiger partial charge on any atom is 0.201 e. The summed E-state index contributed by atoms with van der Waals surface area (Å²) in [7, 11) is 1.43. The van der Waals surface area contributed by atoms with Gasteiger partial charge >= 0.3 is 0 Å². The summed E-state index contributed by atoms with van der Waals surface area (Å²) in [4.78, 5) is 0. The number of nitriles is 1. The summed E-state index contributed by atoms with van der Waals surface area (Å²) >= 11 is 0. The zero-order chi connectivity index (χ0) is 12.8. The monoisotopic (exact) mass is 233 g/mol. The van der Waals surface area contributed by atoms with Gasteiger partial charge in [0, 0.05) is 6.07 Å². The number of phenolic OH excluding ortho intramolecular Hbond substituents is 1. The predicted molar refractivity (Wildman–Crippen MR) is 63.2 cm³/mol. The Hall–Kier alpha value is -2.75. The molecule has 0 bridgehead atoms. The first kappa shape index (κ1) is 12.3. The number of nitrogens with zero attached hydrogens (tertiary/aromatic N) is 2. The van der Waals surface area contributed by atoms with Gasteiger partial charge in [-0.05, 0) is 12.1 Å². The summed E-state index contributed by atoms with van der Waals surface area (Å²) in [5.74, 6) is -0.168. The van der Waals surface area contributed by atoms with Gasteiger partial charge in [-0.15, -0.1) is 0 Å². The smallest absolute Gasteiger partial charge is 0.201 e. The third kappa shape index (κ3) is 3.10. The van der Waals surface area contributed by atoms with E-state index >= 15 is 0 Å². The van der Waals surface area contributed by atoms with E-state index in [2.05, 4.69) is 10.5 Å². The zero-order valence-electron chi connectivity index (χ0n) is 9.06. The Kier molecular flexibility index (Phi) is 3.89. The second-order valence-corrected chi connectivity index (χ2v) is 2.98. The van der Waals surface area contributed by atoms with E-state index in [0.717, 1.165) is 0 Å². The van der Waals surface area contributed by atoms with Crippen molar-refractivity contribution in [3.05, 3.63) is 18.2 Å². The quantitative estimate of drug-likeness (QED) is 0.344. The van der Waals surface area contributed by atoms with Gasteiger partial charge in [-0.2, -0.15) is 10.4 Å². The van der Waals surface area contributed by atoms with Crippen molar-refractivity contribution in [2.75, 3.05) is 12.5 Å². The third-order valence-electron chi connectivity index (χ3n) is 1.84. The third-order valence-corrected chi connectivity index (χ3v) is 1.84. The average molecular weight is 233 g/mol. The highest BCUT2D eigenvalue weighted by atomic mass is 16.5. The molecule has 88 valence electrons. The van der Waals surface area contributed by atoms with Crippen LogP contribution in [0.25, 0.3) is 0 Å². The molecule has 0 radical (unpaired) electrons. The minimum Gasteiger partial charge on any atom is -0.504 e. The largest absolute Gasteiger partial charge is 0.504 e. The van der Waals surface area contributed by atoms with Gasteiger partial charge in [0.1, 0.15) is 6.07 Å². The number of aromatic hydroxyl groups is 1. The predicted octanol–water partition coefficient (Wildman–Crippen LogP) is 0.628. The number of hydrogen-bond acceptors (Lipinski definition) is 6. The van der Waals surface area contributed by atoms with Gasteiger partial charge in [0.25, 0.3) is 0 Å². The van der Waals surface area contributed by atoms with Crippen LogP contribution in [-0.4, -0.2) is 23.8 Å². The van der Waals surface area contributed by atoms with E-state index in [4.69, 9.17) is 21.1 Å². The van der Waals surface area contributed by atoms with Crippen molar-refractivity contribution in [3.8, 4) is 17.6 Å². The van der Waals surface area contributed by atoms with E-state index in [1.165, 1.54) is 19.2 Å². The number of phenols is 1. The van der Waals surface area contributed by atoms with Crippen LogP contribution >= 0.6 is 0 Å². The topological polar surface area (TPSA) is 128 Å². The lowest BCUT2D eigenvalue weighted by molar-refractivity contribution is 0.373. The molecule has 1 aromatic carbocycles. The van der Waals surface area contributed by atoms with Crippen molar-refractivity contribution >= 4 is 17.2 Å². The van der Waals surface area contributed by atoms with Crippen LogP contribution in [0, 0.1) is 16.7 Å². The van der Waals surface area contributed by atoms with Crippen molar-refractivity contribution in [2.45, 2.75) is 0 Å². The van der Waals surface area contributed by atoms with Gasteiger partial charge < -0.3 is 15.6 Å². The molecular formula is C10H11N5O2. The van der Waals surface area contributed by atoms with Gasteiger partial charge in [-0.25, -0.2) is 0 Å². The number of nitrogens with one attached hydrogen (secondary N) is 2. The standard InChI is InChI=1S/C10H11N5O2/c1-17-9-3-2-6(4-8(9)16)14-15-7(5-11)10(12)13/h2-4,14,16H,1H3,(H3,12,13)/b15-7+. The first-order valence-electron chi connectivity index (χ1n) is 4.53. The Morgan fingerprint density at radius 2 is 2.35 bits per heavy atom. The van der Waals surface area contributed by atoms with Gasteiger partial charge in [0.2, 0.25) is 5.71 Å². The van der Waals surface area contributed by atoms with Crippen molar-refractivity contribution in [3.63, 3.8) is 0 Å². The first-order valence-corrected chi connectivity index (χ1v) is 4.53. The molecule has 17 heavy (non-hydrogen) atoms. The molecule has 0 amide bonds. The Balaban J connectivity index is 2.87. The maximum atomic E-state index is 9.48. The van der Waals surface area contributed by atoms with Gasteiger partial charge in [-0.3, -0.25) is 10.8 Å². The molecule has 5 N–H and O–H groups in total. The maximum absolute atomic E-state index is 9.48. The fourth-order valence-corrected chi connectivity index (χ4v) is 1.03. The van der Waals surface area contributed by atoms with Crippen molar-refractivity contribution in [2.24, 2.45) is 10.8 Å². The molecule has 1 rings (SSSR count). The van der Waals surface area contributed by atoms with Crippen LogP contribution < -0.4 is 15.9 Å². The van der Waals surface area contributed by atoms with Crippen molar-refractivity contribution in [1.29, 1.82) is 10.7 Å². The fourth-order valence-electron chi connectivity index (χ4n) is 1.03. The lowest BCUT2D eigenvalue weighted by Crippen LogP contribution is -2.21. The van der Waals surface area contributed by atoms with Crippen molar-refractivity contribution in [1.82, 2.24) is 0 Å². The van der Waals surface area contributed by atoms with Crippen LogP contribution in [0.15, 0.2) is 23.3 Å². The van der Waals surface area contributed by atoms with Crippen LogP contribution in [0.2, 0.25) is 0 Å². The second kappa shape index (κ2) is 5.37. The number of methoxy groups -OCH3 is 1. The van der Waals surface area contributed by atoms with Crippen LogP contribution in [0.5, 0.6) is 11.5 Å². The number of amidine groups is 1. The molecule has 0 saturated heterocycles. The molecule has 0 atom stereocenters. The van der Waals surface area contributed by atoms with Crippen molar-refractivity contribution < 1.29 is 9.84 Å². The van der Waals surface area contributed by atoms with Gasteiger partial charge in [0.15, 0.2) is 17.3 Å². The second-order valence-electron chi connectivity index (χ2n) is 2.98. The zero-order valence-corrected chi connectivity index (χ0v) is 9.06. The number of rotatable bonds is 4. The Morgan fingerprint density at radius 1 is 1.65 bits per heavy atom. The van der Waals surface area contributed by atoms with Crippen LogP contribution in [-0.2, 0) is 0 Å². The SMILES string of the molecule is COc1ccc(N/N=C(\C#N)C(=N)N)cc1O. The summed E-state index contributed by atoms with van der Waals surface area (Å²) in [6, 6.07) is 6.16. The minimum absolute atomic E-state index is 0.0611. The highest BCUT2D eigenvalue weighted by Gasteiger charge is 2.03. The van der Waals surface area contributed by atoms with Crippen LogP contribution in [0.4, 0.5) is 5.69 Å². The molecular weight excluding hydrogens is 222 g/mol. The average Bonchev–Trinajstić information content (AvgIpc) is 2.29. The van der Waals surface area contributed by atoms with Gasteiger partial charge in [0.05, 0.1) is 12.8 Å². The molecule has 0 aliphatic heterocycles. The number of nitrogens with two attached hydrogens (primary N) is 1. The van der Waals surface area contributed by atoms with E-state index in [1.807, 2.05) is 0 Å². The minimum atomic E-state index is -0.433.